The maximum atomic E-state index is 11.3. The van der Waals surface area contributed by atoms with Crippen molar-refractivity contribution in [3.05, 3.63) is 58.5 Å². The number of aromatic hydroxyl groups is 1. The second-order valence-corrected chi connectivity index (χ2v) is 6.30. The van der Waals surface area contributed by atoms with Crippen LogP contribution in [0.4, 0.5) is 11.4 Å². The topological polar surface area (TPSA) is 52.7 Å². The van der Waals surface area contributed by atoms with Gasteiger partial charge < -0.3 is 5.11 Å². The molecule has 114 valence electrons. The minimum absolute atomic E-state index is 0.0108. The number of benzene rings is 2. The zero-order valence-corrected chi connectivity index (χ0v) is 13.4. The van der Waals surface area contributed by atoms with E-state index in [0.717, 1.165) is 15.9 Å². The summed E-state index contributed by atoms with van der Waals surface area (Å²) in [6.45, 7) is 6.33. The lowest BCUT2D eigenvalue weighted by Crippen LogP contribution is -2.10. The summed E-state index contributed by atoms with van der Waals surface area (Å²) in [4.78, 5) is 15.7. The number of rotatable bonds is 3. The summed E-state index contributed by atoms with van der Waals surface area (Å²) in [6.07, 6.45) is 1.65. The Morgan fingerprint density at radius 1 is 1.14 bits per heavy atom. The van der Waals surface area contributed by atoms with Crippen molar-refractivity contribution in [2.75, 3.05) is 7.05 Å². The molecule has 0 aliphatic rings. The van der Waals surface area contributed by atoms with Gasteiger partial charge in [0.25, 0.3) is 5.69 Å². The van der Waals surface area contributed by atoms with E-state index < -0.39 is 0 Å². The van der Waals surface area contributed by atoms with Crippen LogP contribution in [0.2, 0.25) is 0 Å². The summed E-state index contributed by atoms with van der Waals surface area (Å²) < 4.78 is 0.801. The number of phenolic OH excluding ortho intramolecular Hbond substituents is 1. The van der Waals surface area contributed by atoms with Crippen molar-refractivity contribution >= 4 is 17.6 Å². The quantitative estimate of drug-likeness (QED) is 0.670. The molecule has 4 heteroatoms. The summed E-state index contributed by atoms with van der Waals surface area (Å²) in [5, 5.41) is 9.95. The second-order valence-electron chi connectivity index (χ2n) is 6.30. The molecule has 2 aromatic rings. The van der Waals surface area contributed by atoms with Gasteiger partial charge in [-0.05, 0) is 28.7 Å². The predicted molar refractivity (Wildman–Crippen MR) is 89.7 cm³/mol. The van der Waals surface area contributed by atoms with E-state index in [-0.39, 0.29) is 11.2 Å². The van der Waals surface area contributed by atoms with Crippen molar-refractivity contribution in [3.63, 3.8) is 0 Å². The highest BCUT2D eigenvalue weighted by Crippen LogP contribution is 2.32. The lowest BCUT2D eigenvalue weighted by molar-refractivity contribution is -0.428. The van der Waals surface area contributed by atoms with Gasteiger partial charge >= 0.3 is 0 Å². The van der Waals surface area contributed by atoms with Crippen molar-refractivity contribution in [2.24, 2.45) is 4.99 Å². The molecule has 0 fully saturated rings. The van der Waals surface area contributed by atoms with Crippen molar-refractivity contribution in [2.45, 2.75) is 26.2 Å². The molecule has 0 aromatic heterocycles. The SMILES string of the molecule is C[N+](=O)c1cccc(C=Nc2cc(C(C)(C)C)ccc2O)c1. The summed E-state index contributed by atoms with van der Waals surface area (Å²) >= 11 is 0. The molecule has 0 saturated carbocycles. The van der Waals surface area contributed by atoms with Gasteiger partial charge in [0, 0.05) is 28.0 Å². The van der Waals surface area contributed by atoms with Crippen LogP contribution in [0.5, 0.6) is 5.75 Å². The van der Waals surface area contributed by atoms with Crippen LogP contribution in [0.3, 0.4) is 0 Å². The molecule has 2 rings (SSSR count). The van der Waals surface area contributed by atoms with Crippen LogP contribution in [0.25, 0.3) is 0 Å². The van der Waals surface area contributed by atoms with E-state index >= 15 is 0 Å². The zero-order valence-electron chi connectivity index (χ0n) is 13.4. The van der Waals surface area contributed by atoms with Gasteiger partial charge in [-0.2, -0.15) is 0 Å². The molecule has 1 N–H and O–H groups in total. The van der Waals surface area contributed by atoms with E-state index in [9.17, 15) is 10.0 Å². The van der Waals surface area contributed by atoms with E-state index in [4.69, 9.17) is 0 Å². The second kappa shape index (κ2) is 6.10. The number of aliphatic imine (C=N–C) groups is 1. The molecular weight excluding hydrogens is 276 g/mol. The van der Waals surface area contributed by atoms with Gasteiger partial charge in [0.15, 0.2) is 7.05 Å². The van der Waals surface area contributed by atoms with Crippen molar-refractivity contribution in [1.82, 2.24) is 0 Å². The largest absolute Gasteiger partial charge is 0.506 e. The summed E-state index contributed by atoms with van der Waals surface area (Å²) in [5.74, 6) is 0.140. The van der Waals surface area contributed by atoms with E-state index in [1.54, 1.807) is 30.5 Å². The van der Waals surface area contributed by atoms with Gasteiger partial charge in [-0.25, -0.2) is 0 Å². The fraction of sp³-hybridized carbons (Fsp3) is 0.278. The number of phenols is 1. The Morgan fingerprint density at radius 2 is 1.86 bits per heavy atom. The van der Waals surface area contributed by atoms with Crippen LogP contribution in [0, 0.1) is 4.91 Å². The average Bonchev–Trinajstić information content (AvgIpc) is 2.45. The standard InChI is InChI=1S/C18H20N2O2/c1-18(2,3)14-8-9-17(21)16(11-14)19-12-13-6-5-7-15(10-13)20(4)22/h5-12H,1-4H3/p+1. The molecule has 0 spiro atoms. The summed E-state index contributed by atoms with van der Waals surface area (Å²) in [6, 6.07) is 12.6. The minimum atomic E-state index is -0.0108. The molecule has 22 heavy (non-hydrogen) atoms. The highest BCUT2D eigenvalue weighted by atomic mass is 16.3. The maximum Gasteiger partial charge on any atom is 0.256 e. The van der Waals surface area contributed by atoms with Gasteiger partial charge in [-0.1, -0.05) is 39.0 Å². The van der Waals surface area contributed by atoms with E-state index in [1.165, 1.54) is 7.05 Å². The Kier molecular flexibility index (Phi) is 4.40. The fourth-order valence-corrected chi connectivity index (χ4v) is 2.04. The Bertz CT molecular complexity index is 728. The van der Waals surface area contributed by atoms with E-state index in [0.29, 0.717) is 11.4 Å². The third-order valence-corrected chi connectivity index (χ3v) is 3.43. The summed E-state index contributed by atoms with van der Waals surface area (Å²) in [5.41, 5.74) is 2.99. The number of nitroso groups, excluding NO2 is 1. The molecule has 0 unspecified atom stereocenters. The first-order chi connectivity index (χ1) is 10.3. The van der Waals surface area contributed by atoms with Crippen molar-refractivity contribution in [3.8, 4) is 5.75 Å². The van der Waals surface area contributed by atoms with Crippen LogP contribution < -0.4 is 0 Å². The van der Waals surface area contributed by atoms with Crippen LogP contribution in [0.1, 0.15) is 31.9 Å². The van der Waals surface area contributed by atoms with Crippen molar-refractivity contribution in [1.29, 1.82) is 0 Å². The molecule has 0 aliphatic carbocycles. The molecule has 0 saturated heterocycles. The normalized spacial score (nSPS) is 11.8. The van der Waals surface area contributed by atoms with E-state index in [2.05, 4.69) is 25.8 Å². The number of hydrogen-bond acceptors (Lipinski definition) is 3. The Balaban J connectivity index is 2.34. The van der Waals surface area contributed by atoms with Gasteiger partial charge in [0.2, 0.25) is 0 Å². The van der Waals surface area contributed by atoms with Gasteiger partial charge in [0.05, 0.1) is 0 Å². The van der Waals surface area contributed by atoms with Gasteiger partial charge in [-0.3, -0.25) is 4.99 Å². The molecule has 4 nitrogen and oxygen atoms in total. The molecular formula is C18H21N2O2+. The first-order valence-corrected chi connectivity index (χ1v) is 7.16. The number of hydrogen-bond donors (Lipinski definition) is 1. The lowest BCUT2D eigenvalue weighted by atomic mass is 9.87. The predicted octanol–water partition coefficient (Wildman–Crippen LogP) is 4.48. The molecule has 0 aliphatic heterocycles. The van der Waals surface area contributed by atoms with Gasteiger partial charge in [-0.15, -0.1) is 0 Å². The Morgan fingerprint density at radius 3 is 2.50 bits per heavy atom. The molecule has 2 aromatic carbocycles. The molecule has 0 heterocycles. The van der Waals surface area contributed by atoms with Crippen molar-refractivity contribution < 1.29 is 9.87 Å². The number of nitrogens with zero attached hydrogens (tertiary/aromatic N) is 2. The third-order valence-electron chi connectivity index (χ3n) is 3.43. The molecule has 0 radical (unpaired) electrons. The van der Waals surface area contributed by atoms with Crippen LogP contribution in [-0.4, -0.2) is 23.1 Å². The monoisotopic (exact) mass is 297 g/mol. The highest BCUT2D eigenvalue weighted by Gasteiger charge is 2.15. The molecule has 0 atom stereocenters. The fourth-order valence-electron chi connectivity index (χ4n) is 2.04. The molecule has 0 amide bonds. The first-order valence-electron chi connectivity index (χ1n) is 7.16. The molecule has 0 bridgehead atoms. The van der Waals surface area contributed by atoms with E-state index in [1.807, 2.05) is 18.2 Å². The van der Waals surface area contributed by atoms with Crippen LogP contribution in [-0.2, 0) is 5.41 Å². The Hall–Kier alpha value is -2.49. The lowest BCUT2D eigenvalue weighted by Gasteiger charge is -2.19. The third kappa shape index (κ3) is 3.79. The zero-order chi connectivity index (χ0) is 16.3. The first kappa shape index (κ1) is 15.9. The van der Waals surface area contributed by atoms with Crippen LogP contribution >= 0.6 is 0 Å². The minimum Gasteiger partial charge on any atom is -0.506 e. The van der Waals surface area contributed by atoms with Crippen LogP contribution in [0.15, 0.2) is 47.5 Å². The van der Waals surface area contributed by atoms with Gasteiger partial charge in [0.1, 0.15) is 11.4 Å². The average molecular weight is 297 g/mol. The smallest absolute Gasteiger partial charge is 0.256 e. The summed E-state index contributed by atoms with van der Waals surface area (Å²) in [7, 11) is 1.45. The maximum absolute atomic E-state index is 11.3. The highest BCUT2D eigenvalue weighted by molar-refractivity contribution is 5.83. The Labute approximate surface area is 130 Å².